The molecule has 1 amide bonds. The molecule has 7 nitrogen and oxygen atoms in total. The lowest BCUT2D eigenvalue weighted by atomic mass is 10.1. The van der Waals surface area contributed by atoms with Crippen LogP contribution < -0.4 is 15.5 Å². The average molecular weight is 380 g/mol. The number of hydrogen-bond donors (Lipinski definition) is 1. The van der Waals surface area contributed by atoms with Crippen LogP contribution in [-0.4, -0.2) is 30.7 Å². The number of nitrogens with zero attached hydrogens (tertiary/aromatic N) is 1. The number of carbonyl (C=O) groups is 2. The zero-order valence-electron chi connectivity index (χ0n) is 15.8. The molecule has 2 aromatic carbocycles. The summed E-state index contributed by atoms with van der Waals surface area (Å²) in [5.74, 6) is -0.653. The van der Waals surface area contributed by atoms with Crippen molar-refractivity contribution in [2.45, 2.75) is 13.5 Å². The number of amides is 1. The van der Waals surface area contributed by atoms with E-state index in [1.807, 2.05) is 11.5 Å². The van der Waals surface area contributed by atoms with Gasteiger partial charge in [-0.3, -0.25) is 9.59 Å². The summed E-state index contributed by atoms with van der Waals surface area (Å²) in [6.45, 7) is 2.49. The lowest BCUT2D eigenvalue weighted by molar-refractivity contribution is 0.0602. The highest BCUT2D eigenvalue weighted by Crippen LogP contribution is 2.20. The zero-order valence-corrected chi connectivity index (χ0v) is 15.8. The number of ether oxygens (including phenoxy) is 2. The summed E-state index contributed by atoms with van der Waals surface area (Å²) in [5, 5.41) is 3.03. The minimum Gasteiger partial charge on any atom is -0.497 e. The molecule has 0 aliphatic heterocycles. The third kappa shape index (κ3) is 3.46. The first kappa shape index (κ1) is 19.2. The number of anilines is 1. The van der Waals surface area contributed by atoms with Crippen molar-refractivity contribution in [1.29, 1.82) is 0 Å². The van der Waals surface area contributed by atoms with Gasteiger partial charge in [-0.05, 0) is 37.3 Å². The molecule has 3 rings (SSSR count). The molecule has 0 aliphatic rings. The maximum atomic E-state index is 13.0. The number of hydrogen-bond acceptors (Lipinski definition) is 5. The molecule has 144 valence electrons. The van der Waals surface area contributed by atoms with Gasteiger partial charge < -0.3 is 19.4 Å². The summed E-state index contributed by atoms with van der Waals surface area (Å²) in [7, 11) is 2.78. The number of esters is 1. The average Bonchev–Trinajstić information content (AvgIpc) is 2.73. The Kier molecular flexibility index (Phi) is 5.44. The number of carbonyl (C=O) groups excluding carboxylic acids is 2. The van der Waals surface area contributed by atoms with Gasteiger partial charge in [0.1, 0.15) is 11.3 Å². The summed E-state index contributed by atoms with van der Waals surface area (Å²) in [6.07, 6.45) is 1.52. The molecule has 0 saturated heterocycles. The highest BCUT2D eigenvalue weighted by molar-refractivity contribution is 6.09. The standard InChI is InChI=1S/C21H20N2O5/c1-4-23-12-16(19(24)15-11-13(27-2)9-10-18(15)23)20(25)22-17-8-6-5-7-14(17)21(26)28-3/h5-12H,4H2,1-3H3,(H,22,25). The maximum Gasteiger partial charge on any atom is 0.339 e. The van der Waals surface area contributed by atoms with Crippen molar-refractivity contribution in [3.8, 4) is 5.75 Å². The number of para-hydroxylation sites is 1. The number of rotatable bonds is 5. The SMILES string of the molecule is CCn1cc(C(=O)Nc2ccccc2C(=O)OC)c(=O)c2cc(OC)ccc21. The molecule has 1 aromatic heterocycles. The van der Waals surface area contributed by atoms with E-state index < -0.39 is 17.3 Å². The summed E-state index contributed by atoms with van der Waals surface area (Å²) < 4.78 is 11.8. The molecule has 7 heteroatoms. The molecule has 28 heavy (non-hydrogen) atoms. The van der Waals surface area contributed by atoms with E-state index in [0.717, 1.165) is 0 Å². The van der Waals surface area contributed by atoms with Crippen LogP contribution in [-0.2, 0) is 11.3 Å². The molecular weight excluding hydrogens is 360 g/mol. The summed E-state index contributed by atoms with van der Waals surface area (Å²) in [6, 6.07) is 11.6. The first-order valence-electron chi connectivity index (χ1n) is 8.70. The summed E-state index contributed by atoms with van der Waals surface area (Å²) in [5.41, 5.74) is 0.748. The number of aryl methyl sites for hydroxylation is 1. The predicted molar refractivity (Wildman–Crippen MR) is 106 cm³/mol. The molecular formula is C21H20N2O5. The second kappa shape index (κ2) is 7.96. The van der Waals surface area contributed by atoms with Crippen LogP contribution >= 0.6 is 0 Å². The van der Waals surface area contributed by atoms with E-state index in [1.165, 1.54) is 26.5 Å². The van der Waals surface area contributed by atoms with Gasteiger partial charge in [0.15, 0.2) is 0 Å². The summed E-state index contributed by atoms with van der Waals surface area (Å²) >= 11 is 0. The van der Waals surface area contributed by atoms with Gasteiger partial charge in [-0.15, -0.1) is 0 Å². The third-order valence-electron chi connectivity index (χ3n) is 4.45. The van der Waals surface area contributed by atoms with Crippen LogP contribution in [0.5, 0.6) is 5.75 Å². The molecule has 0 radical (unpaired) electrons. The maximum absolute atomic E-state index is 13.0. The Morgan fingerprint density at radius 2 is 1.82 bits per heavy atom. The van der Waals surface area contributed by atoms with Crippen molar-refractivity contribution in [3.05, 3.63) is 70.0 Å². The first-order valence-corrected chi connectivity index (χ1v) is 8.70. The topological polar surface area (TPSA) is 86.6 Å². The van der Waals surface area contributed by atoms with Gasteiger partial charge in [-0.2, -0.15) is 0 Å². The van der Waals surface area contributed by atoms with E-state index in [1.54, 1.807) is 36.4 Å². The van der Waals surface area contributed by atoms with Gasteiger partial charge in [-0.25, -0.2) is 4.79 Å². The molecule has 0 atom stereocenters. The molecule has 3 aromatic rings. The molecule has 0 saturated carbocycles. The van der Waals surface area contributed by atoms with Gasteiger partial charge >= 0.3 is 5.97 Å². The van der Waals surface area contributed by atoms with Crippen molar-refractivity contribution in [2.24, 2.45) is 0 Å². The van der Waals surface area contributed by atoms with Crippen molar-refractivity contribution in [3.63, 3.8) is 0 Å². The highest BCUT2D eigenvalue weighted by atomic mass is 16.5. The van der Waals surface area contributed by atoms with Crippen LogP contribution in [0.15, 0.2) is 53.5 Å². The Labute approximate surface area is 161 Å². The molecule has 1 heterocycles. The smallest absolute Gasteiger partial charge is 0.339 e. The fourth-order valence-electron chi connectivity index (χ4n) is 3.00. The van der Waals surface area contributed by atoms with Crippen LogP contribution in [0.1, 0.15) is 27.6 Å². The number of pyridine rings is 1. The number of methoxy groups -OCH3 is 2. The number of aromatic nitrogens is 1. The lowest BCUT2D eigenvalue weighted by Gasteiger charge is -2.13. The van der Waals surface area contributed by atoms with E-state index in [2.05, 4.69) is 5.32 Å². The fraction of sp³-hybridized carbons (Fsp3) is 0.190. The first-order chi connectivity index (χ1) is 13.5. The number of nitrogens with one attached hydrogen (secondary N) is 1. The Morgan fingerprint density at radius 1 is 1.07 bits per heavy atom. The van der Waals surface area contributed by atoms with Gasteiger partial charge in [0.05, 0.1) is 36.4 Å². The van der Waals surface area contributed by atoms with E-state index in [9.17, 15) is 14.4 Å². The largest absolute Gasteiger partial charge is 0.497 e. The van der Waals surface area contributed by atoms with Crippen LogP contribution in [0.25, 0.3) is 10.9 Å². The Morgan fingerprint density at radius 3 is 2.50 bits per heavy atom. The van der Waals surface area contributed by atoms with Crippen LogP contribution in [0, 0.1) is 0 Å². The van der Waals surface area contributed by atoms with Crippen LogP contribution in [0.2, 0.25) is 0 Å². The van der Waals surface area contributed by atoms with Crippen LogP contribution in [0.4, 0.5) is 5.69 Å². The number of fused-ring (bicyclic) bond motifs is 1. The van der Waals surface area contributed by atoms with Crippen molar-refractivity contribution in [1.82, 2.24) is 4.57 Å². The van der Waals surface area contributed by atoms with Gasteiger partial charge in [0.25, 0.3) is 5.91 Å². The summed E-state index contributed by atoms with van der Waals surface area (Å²) in [4.78, 5) is 37.7. The molecule has 0 spiro atoms. The van der Waals surface area contributed by atoms with E-state index >= 15 is 0 Å². The highest BCUT2D eigenvalue weighted by Gasteiger charge is 2.19. The second-order valence-electron chi connectivity index (χ2n) is 6.03. The quantitative estimate of drug-likeness (QED) is 0.688. The predicted octanol–water partition coefficient (Wildman–Crippen LogP) is 3.07. The second-order valence-corrected chi connectivity index (χ2v) is 6.03. The minimum atomic E-state index is -0.603. The lowest BCUT2D eigenvalue weighted by Crippen LogP contribution is -2.24. The van der Waals surface area contributed by atoms with E-state index in [0.29, 0.717) is 23.2 Å². The van der Waals surface area contributed by atoms with Gasteiger partial charge in [-0.1, -0.05) is 12.1 Å². The Hall–Kier alpha value is -3.61. The molecule has 0 aliphatic carbocycles. The Balaban J connectivity index is 2.09. The minimum absolute atomic E-state index is 0.0257. The van der Waals surface area contributed by atoms with Crippen molar-refractivity contribution >= 4 is 28.5 Å². The zero-order chi connectivity index (χ0) is 20.3. The number of benzene rings is 2. The molecule has 1 N–H and O–H groups in total. The monoisotopic (exact) mass is 380 g/mol. The Bertz CT molecular complexity index is 1120. The fourth-order valence-corrected chi connectivity index (χ4v) is 3.00. The molecule has 0 unspecified atom stereocenters. The van der Waals surface area contributed by atoms with Crippen molar-refractivity contribution < 1.29 is 19.1 Å². The van der Waals surface area contributed by atoms with Gasteiger partial charge in [0, 0.05) is 12.7 Å². The third-order valence-corrected chi connectivity index (χ3v) is 4.45. The molecule has 0 fully saturated rings. The van der Waals surface area contributed by atoms with Crippen LogP contribution in [0.3, 0.4) is 0 Å². The molecule has 0 bridgehead atoms. The normalized spacial score (nSPS) is 10.5. The van der Waals surface area contributed by atoms with Crippen molar-refractivity contribution in [2.75, 3.05) is 19.5 Å². The van der Waals surface area contributed by atoms with E-state index in [-0.39, 0.29) is 16.8 Å². The van der Waals surface area contributed by atoms with E-state index in [4.69, 9.17) is 9.47 Å². The van der Waals surface area contributed by atoms with Gasteiger partial charge in [0.2, 0.25) is 5.43 Å².